The maximum atomic E-state index is 13.2. The molecule has 35 heavy (non-hydrogen) atoms. The van der Waals surface area contributed by atoms with Crippen LogP contribution < -0.4 is 14.2 Å². The molecule has 0 bridgehead atoms. The van der Waals surface area contributed by atoms with Crippen LogP contribution in [-0.2, 0) is 11.3 Å². The van der Waals surface area contributed by atoms with Gasteiger partial charge in [0.1, 0.15) is 5.76 Å². The molecule has 9 nitrogen and oxygen atoms in total. The first-order valence-corrected chi connectivity index (χ1v) is 11.3. The van der Waals surface area contributed by atoms with Crippen LogP contribution in [-0.4, -0.2) is 48.6 Å². The van der Waals surface area contributed by atoms with Gasteiger partial charge < -0.3 is 23.7 Å². The Kier molecular flexibility index (Phi) is 7.41. The number of phenolic OH excluding ortho intramolecular Hbond substituents is 1. The number of amides is 1. The highest BCUT2D eigenvalue weighted by molar-refractivity contribution is 8.18. The topological polar surface area (TPSA) is 106 Å². The summed E-state index contributed by atoms with van der Waals surface area (Å²) in [6, 6.07) is 13.8. The molecule has 3 aromatic rings. The van der Waals surface area contributed by atoms with Crippen LogP contribution in [0.15, 0.2) is 74.3 Å². The lowest BCUT2D eigenvalue weighted by molar-refractivity contribution is -0.122. The van der Waals surface area contributed by atoms with Gasteiger partial charge in [0.2, 0.25) is 0 Å². The molecule has 1 aliphatic rings. The van der Waals surface area contributed by atoms with E-state index in [1.165, 1.54) is 29.8 Å². The van der Waals surface area contributed by atoms with E-state index in [1.807, 2.05) is 6.07 Å². The molecule has 4 rings (SSSR count). The SMILES string of the molecule is COc1cc(/C=C2\S/C(=N/N=C\c3ccc(OC)c(OC)c3)N(Cc3ccco3)C2=O)ccc1O. The summed E-state index contributed by atoms with van der Waals surface area (Å²) in [5.74, 6) is 1.89. The van der Waals surface area contributed by atoms with Crippen molar-refractivity contribution in [1.29, 1.82) is 0 Å². The molecule has 1 aliphatic heterocycles. The number of carbonyl (C=O) groups excluding carboxylic acids is 1. The average molecular weight is 494 g/mol. The molecule has 10 heteroatoms. The highest BCUT2D eigenvalue weighted by Gasteiger charge is 2.34. The van der Waals surface area contributed by atoms with Gasteiger partial charge in [-0.25, -0.2) is 0 Å². The van der Waals surface area contributed by atoms with Crippen molar-refractivity contribution in [3.05, 3.63) is 76.6 Å². The predicted molar refractivity (Wildman–Crippen MR) is 134 cm³/mol. The van der Waals surface area contributed by atoms with Gasteiger partial charge in [-0.05, 0) is 71.4 Å². The third-order valence-electron chi connectivity index (χ3n) is 5.04. The van der Waals surface area contributed by atoms with Crippen LogP contribution in [0.3, 0.4) is 0 Å². The third kappa shape index (κ3) is 5.49. The number of furan rings is 1. The molecule has 1 fully saturated rings. The Morgan fingerprint density at radius 1 is 1.00 bits per heavy atom. The minimum Gasteiger partial charge on any atom is -0.504 e. The molecule has 0 radical (unpaired) electrons. The molecule has 2 heterocycles. The Hall–Kier alpha value is -4.18. The smallest absolute Gasteiger partial charge is 0.267 e. The van der Waals surface area contributed by atoms with Gasteiger partial charge in [-0.3, -0.25) is 9.69 Å². The molecular weight excluding hydrogens is 470 g/mol. The maximum absolute atomic E-state index is 13.2. The fraction of sp³-hybridized carbons (Fsp3) is 0.160. The molecule has 0 unspecified atom stereocenters. The number of phenols is 1. The summed E-state index contributed by atoms with van der Waals surface area (Å²) < 4.78 is 21.2. The summed E-state index contributed by atoms with van der Waals surface area (Å²) in [4.78, 5) is 15.2. The summed E-state index contributed by atoms with van der Waals surface area (Å²) in [7, 11) is 4.59. The van der Waals surface area contributed by atoms with Crippen molar-refractivity contribution in [3.63, 3.8) is 0 Å². The molecule has 1 saturated heterocycles. The number of thioether (sulfide) groups is 1. The highest BCUT2D eigenvalue weighted by Crippen LogP contribution is 2.35. The van der Waals surface area contributed by atoms with Crippen molar-refractivity contribution in [2.24, 2.45) is 10.2 Å². The molecule has 1 aromatic heterocycles. The van der Waals surface area contributed by atoms with Crippen LogP contribution in [0.2, 0.25) is 0 Å². The largest absolute Gasteiger partial charge is 0.504 e. The van der Waals surface area contributed by atoms with Gasteiger partial charge in [-0.1, -0.05) is 6.07 Å². The number of hydrogen-bond acceptors (Lipinski definition) is 9. The zero-order valence-electron chi connectivity index (χ0n) is 19.3. The number of methoxy groups -OCH3 is 3. The Bertz CT molecular complexity index is 1300. The fourth-order valence-electron chi connectivity index (χ4n) is 3.29. The lowest BCUT2D eigenvalue weighted by atomic mass is 10.2. The van der Waals surface area contributed by atoms with Gasteiger partial charge in [0.05, 0.1) is 45.3 Å². The first-order chi connectivity index (χ1) is 17.0. The second-order valence-corrected chi connectivity index (χ2v) is 8.26. The zero-order chi connectivity index (χ0) is 24.8. The second kappa shape index (κ2) is 10.8. The van der Waals surface area contributed by atoms with Crippen molar-refractivity contribution < 1.29 is 28.5 Å². The number of hydrogen-bond donors (Lipinski definition) is 1. The van der Waals surface area contributed by atoms with Crippen molar-refractivity contribution in [2.45, 2.75) is 6.54 Å². The minimum absolute atomic E-state index is 0.0197. The number of amidine groups is 1. The number of carbonyl (C=O) groups is 1. The zero-order valence-corrected chi connectivity index (χ0v) is 20.1. The van der Waals surface area contributed by atoms with Crippen molar-refractivity contribution in [3.8, 4) is 23.0 Å². The van der Waals surface area contributed by atoms with E-state index in [9.17, 15) is 9.90 Å². The monoisotopic (exact) mass is 493 g/mol. The van der Waals surface area contributed by atoms with Crippen LogP contribution in [0.4, 0.5) is 0 Å². The van der Waals surface area contributed by atoms with E-state index in [4.69, 9.17) is 18.6 Å². The standard InChI is InChI=1S/C25H23N3O6S/c1-31-20-9-7-17(12-22(20)33-3)14-26-27-25-28(15-18-5-4-10-34-18)24(30)23(35-25)13-16-6-8-19(29)21(11-16)32-2/h4-14,29H,15H2,1-3H3/b23-13-,26-14-,27-25+. The highest BCUT2D eigenvalue weighted by atomic mass is 32.2. The lowest BCUT2D eigenvalue weighted by Crippen LogP contribution is -2.28. The van der Waals surface area contributed by atoms with Gasteiger partial charge in [-0.2, -0.15) is 5.10 Å². The van der Waals surface area contributed by atoms with Gasteiger partial charge >= 0.3 is 0 Å². The Morgan fingerprint density at radius 3 is 2.46 bits per heavy atom. The van der Waals surface area contributed by atoms with E-state index >= 15 is 0 Å². The molecule has 2 aromatic carbocycles. The van der Waals surface area contributed by atoms with Gasteiger partial charge in [0.25, 0.3) is 5.91 Å². The van der Waals surface area contributed by atoms with Gasteiger partial charge in [-0.15, -0.1) is 5.10 Å². The number of aromatic hydroxyl groups is 1. The molecule has 0 aliphatic carbocycles. The average Bonchev–Trinajstić information content (AvgIpc) is 3.49. The predicted octanol–water partition coefficient (Wildman–Crippen LogP) is 4.52. The molecule has 0 spiro atoms. The summed E-state index contributed by atoms with van der Waals surface area (Å²) in [5.41, 5.74) is 1.45. The van der Waals surface area contributed by atoms with Crippen molar-refractivity contribution in [2.75, 3.05) is 21.3 Å². The fourth-order valence-corrected chi connectivity index (χ4v) is 4.23. The first kappa shape index (κ1) is 24.0. The lowest BCUT2D eigenvalue weighted by Gasteiger charge is -2.12. The Morgan fingerprint density at radius 2 is 1.74 bits per heavy atom. The van der Waals surface area contributed by atoms with Gasteiger partial charge in [0.15, 0.2) is 28.2 Å². The number of nitrogens with zero attached hydrogens (tertiary/aromatic N) is 3. The van der Waals surface area contributed by atoms with E-state index in [-0.39, 0.29) is 18.2 Å². The normalized spacial score (nSPS) is 16.0. The molecule has 1 amide bonds. The van der Waals surface area contributed by atoms with Crippen molar-refractivity contribution >= 4 is 35.1 Å². The third-order valence-corrected chi connectivity index (χ3v) is 6.04. The number of rotatable bonds is 8. The van der Waals surface area contributed by atoms with Gasteiger partial charge in [0, 0.05) is 0 Å². The van der Waals surface area contributed by atoms with E-state index in [0.29, 0.717) is 38.6 Å². The summed E-state index contributed by atoms with van der Waals surface area (Å²) >= 11 is 1.19. The number of benzene rings is 2. The quantitative estimate of drug-likeness (QED) is 0.279. The maximum Gasteiger partial charge on any atom is 0.267 e. The van der Waals surface area contributed by atoms with E-state index < -0.39 is 0 Å². The Labute approximate surface area is 206 Å². The summed E-state index contributed by atoms with van der Waals surface area (Å²) in [6.07, 6.45) is 4.83. The molecule has 1 N–H and O–H groups in total. The molecule has 0 atom stereocenters. The first-order valence-electron chi connectivity index (χ1n) is 10.5. The van der Waals surface area contributed by atoms with Crippen LogP contribution in [0.25, 0.3) is 6.08 Å². The molecule has 180 valence electrons. The van der Waals surface area contributed by atoms with Crippen LogP contribution in [0.5, 0.6) is 23.0 Å². The van der Waals surface area contributed by atoms with E-state index in [1.54, 1.807) is 69.2 Å². The summed E-state index contributed by atoms with van der Waals surface area (Å²) in [6.45, 7) is 0.208. The number of ether oxygens (including phenoxy) is 3. The van der Waals surface area contributed by atoms with Crippen molar-refractivity contribution in [1.82, 2.24) is 4.90 Å². The molecule has 0 saturated carbocycles. The Balaban J connectivity index is 1.62. The van der Waals surface area contributed by atoms with E-state index in [0.717, 1.165) is 5.56 Å². The minimum atomic E-state index is -0.237. The van der Waals surface area contributed by atoms with Crippen LogP contribution in [0, 0.1) is 0 Å². The van der Waals surface area contributed by atoms with Crippen LogP contribution in [0.1, 0.15) is 16.9 Å². The van der Waals surface area contributed by atoms with Crippen LogP contribution >= 0.6 is 11.8 Å². The summed E-state index contributed by atoms with van der Waals surface area (Å²) in [5, 5.41) is 18.7. The molecular formula is C25H23N3O6S. The van der Waals surface area contributed by atoms with E-state index in [2.05, 4.69) is 10.2 Å². The second-order valence-electron chi connectivity index (χ2n) is 7.25.